The first-order valence-electron chi connectivity index (χ1n) is 6.85. The maximum Gasteiger partial charge on any atom is 0.186 e. The number of nitrogens with zero attached hydrogens (tertiary/aromatic N) is 2. The quantitative estimate of drug-likeness (QED) is 0.711. The molecule has 2 rings (SSSR count). The van der Waals surface area contributed by atoms with E-state index in [0.29, 0.717) is 12.1 Å². The van der Waals surface area contributed by atoms with Crippen molar-refractivity contribution in [2.24, 2.45) is 0 Å². The van der Waals surface area contributed by atoms with E-state index >= 15 is 0 Å². The van der Waals surface area contributed by atoms with Crippen LogP contribution in [0.15, 0.2) is 18.3 Å². The number of hydrogen-bond acceptors (Lipinski definition) is 1. The van der Waals surface area contributed by atoms with Gasteiger partial charge in [0.05, 0.1) is 0 Å². The fourth-order valence-corrected chi connectivity index (χ4v) is 2.75. The second-order valence-electron chi connectivity index (χ2n) is 5.61. The molecule has 2 heteroatoms. The lowest BCUT2D eigenvalue weighted by Gasteiger charge is -2.23. The van der Waals surface area contributed by atoms with Crippen LogP contribution in [-0.2, 0) is 12.8 Å². The van der Waals surface area contributed by atoms with Crippen molar-refractivity contribution in [3.05, 3.63) is 29.6 Å². The fourth-order valence-electron chi connectivity index (χ4n) is 2.75. The van der Waals surface area contributed by atoms with Crippen LogP contribution in [0.2, 0.25) is 0 Å². The summed E-state index contributed by atoms with van der Waals surface area (Å²) in [5.41, 5.74) is 3.09. The Morgan fingerprint density at radius 3 is 2.47 bits per heavy atom. The molecule has 0 amide bonds. The third kappa shape index (κ3) is 2.68. The summed E-state index contributed by atoms with van der Waals surface area (Å²) >= 11 is 0. The highest BCUT2D eigenvalue weighted by Gasteiger charge is 2.23. The lowest BCUT2D eigenvalue weighted by molar-refractivity contribution is -0.723. The topological polar surface area (TPSA) is 7.12 Å². The predicted molar refractivity (Wildman–Crippen MR) is 71.1 cm³/mol. The van der Waals surface area contributed by atoms with Gasteiger partial charge in [-0.2, -0.15) is 0 Å². The molecule has 0 unspecified atom stereocenters. The first-order valence-corrected chi connectivity index (χ1v) is 6.85. The molecule has 0 saturated carbocycles. The molecule has 1 aromatic heterocycles. The summed E-state index contributed by atoms with van der Waals surface area (Å²) in [4.78, 5) is 2.59. The molecule has 0 N–H and O–H groups in total. The van der Waals surface area contributed by atoms with Gasteiger partial charge in [-0.3, -0.25) is 0 Å². The molecule has 1 aromatic rings. The highest BCUT2D eigenvalue weighted by Crippen LogP contribution is 2.15. The molecule has 1 aliphatic rings. The minimum absolute atomic E-state index is 0.565. The third-order valence-corrected chi connectivity index (χ3v) is 3.82. The largest absolute Gasteiger partial charge is 0.300 e. The van der Waals surface area contributed by atoms with Crippen LogP contribution in [0.5, 0.6) is 0 Å². The Kier molecular flexibility index (Phi) is 3.82. The number of rotatable bonds is 2. The van der Waals surface area contributed by atoms with Crippen LogP contribution in [0, 0.1) is 0 Å². The van der Waals surface area contributed by atoms with E-state index < -0.39 is 0 Å². The van der Waals surface area contributed by atoms with Crippen molar-refractivity contribution in [2.45, 2.75) is 52.6 Å². The van der Waals surface area contributed by atoms with Crippen molar-refractivity contribution >= 4 is 0 Å². The Morgan fingerprint density at radius 1 is 1.12 bits per heavy atom. The first kappa shape index (κ1) is 12.6. The van der Waals surface area contributed by atoms with Crippen molar-refractivity contribution in [3.63, 3.8) is 0 Å². The minimum Gasteiger partial charge on any atom is -0.300 e. The molecule has 0 atom stereocenters. The Hall–Kier alpha value is -0.890. The molecule has 0 bridgehead atoms. The van der Waals surface area contributed by atoms with E-state index in [1.807, 2.05) is 0 Å². The van der Waals surface area contributed by atoms with Gasteiger partial charge in [0.15, 0.2) is 17.9 Å². The van der Waals surface area contributed by atoms with Gasteiger partial charge in [0.1, 0.15) is 0 Å². The number of pyridine rings is 1. The molecule has 2 heterocycles. The molecule has 0 radical (unpaired) electrons. The van der Waals surface area contributed by atoms with Gasteiger partial charge in [0, 0.05) is 37.2 Å². The number of hydrogen-bond donors (Lipinski definition) is 0. The molecular formula is C15H25N2+. The summed E-state index contributed by atoms with van der Waals surface area (Å²) in [7, 11) is 0. The molecule has 0 spiro atoms. The highest BCUT2D eigenvalue weighted by molar-refractivity contribution is 5.18. The zero-order valence-corrected chi connectivity index (χ0v) is 11.6. The van der Waals surface area contributed by atoms with Crippen LogP contribution in [-0.4, -0.2) is 24.0 Å². The van der Waals surface area contributed by atoms with Crippen molar-refractivity contribution in [2.75, 3.05) is 13.1 Å². The smallest absolute Gasteiger partial charge is 0.186 e. The molecule has 17 heavy (non-hydrogen) atoms. The van der Waals surface area contributed by atoms with Gasteiger partial charge >= 0.3 is 0 Å². The Bertz CT molecular complexity index is 383. The molecule has 0 aromatic carbocycles. The summed E-state index contributed by atoms with van der Waals surface area (Å²) < 4.78 is 2.44. The zero-order valence-electron chi connectivity index (χ0n) is 11.6. The molecular weight excluding hydrogens is 208 g/mol. The zero-order chi connectivity index (χ0) is 12.4. The van der Waals surface area contributed by atoms with E-state index in [-0.39, 0.29) is 0 Å². The maximum absolute atomic E-state index is 2.59. The summed E-state index contributed by atoms with van der Waals surface area (Å²) in [5.74, 6) is 0. The van der Waals surface area contributed by atoms with Gasteiger partial charge in [-0.15, -0.1) is 0 Å². The number of aromatic nitrogens is 1. The van der Waals surface area contributed by atoms with Crippen molar-refractivity contribution in [1.29, 1.82) is 0 Å². The van der Waals surface area contributed by atoms with Gasteiger partial charge in [0.2, 0.25) is 0 Å². The van der Waals surface area contributed by atoms with Crippen molar-refractivity contribution < 1.29 is 4.57 Å². The Morgan fingerprint density at radius 2 is 1.82 bits per heavy atom. The van der Waals surface area contributed by atoms with E-state index in [9.17, 15) is 0 Å². The van der Waals surface area contributed by atoms with Crippen LogP contribution >= 0.6 is 0 Å². The molecule has 94 valence electrons. The fraction of sp³-hybridized carbons (Fsp3) is 0.667. The predicted octanol–water partition coefficient (Wildman–Crippen LogP) is 2.36. The first-order chi connectivity index (χ1) is 8.09. The van der Waals surface area contributed by atoms with Crippen LogP contribution in [0.3, 0.4) is 0 Å². The average molecular weight is 233 g/mol. The second-order valence-corrected chi connectivity index (χ2v) is 5.61. The van der Waals surface area contributed by atoms with Gasteiger partial charge < -0.3 is 4.90 Å². The van der Waals surface area contributed by atoms with Crippen LogP contribution in [0.1, 0.15) is 45.0 Å². The van der Waals surface area contributed by atoms with E-state index in [1.54, 1.807) is 11.3 Å². The minimum atomic E-state index is 0.565. The van der Waals surface area contributed by atoms with Gasteiger partial charge in [-0.05, 0) is 40.2 Å². The van der Waals surface area contributed by atoms with Gasteiger partial charge in [-0.1, -0.05) is 0 Å². The summed E-state index contributed by atoms with van der Waals surface area (Å²) in [6.45, 7) is 11.5. The van der Waals surface area contributed by atoms with E-state index in [2.05, 4.69) is 55.5 Å². The van der Waals surface area contributed by atoms with E-state index in [1.165, 1.54) is 25.9 Å². The van der Waals surface area contributed by atoms with Crippen LogP contribution in [0.4, 0.5) is 0 Å². The van der Waals surface area contributed by atoms with E-state index in [4.69, 9.17) is 0 Å². The van der Waals surface area contributed by atoms with Gasteiger partial charge in [-0.25, -0.2) is 4.57 Å². The average Bonchev–Trinajstić information content (AvgIpc) is 2.50. The highest BCUT2D eigenvalue weighted by atomic mass is 15.1. The monoisotopic (exact) mass is 233 g/mol. The lowest BCUT2D eigenvalue weighted by Crippen LogP contribution is -2.41. The van der Waals surface area contributed by atoms with Gasteiger partial charge in [0.25, 0.3) is 0 Å². The lowest BCUT2D eigenvalue weighted by atomic mass is 10.1. The summed E-state index contributed by atoms with van der Waals surface area (Å²) in [5, 5.41) is 0. The molecule has 2 nitrogen and oxygen atoms in total. The van der Waals surface area contributed by atoms with Crippen molar-refractivity contribution in [1.82, 2.24) is 4.90 Å². The summed E-state index contributed by atoms with van der Waals surface area (Å²) in [6, 6.07) is 5.73. The molecule has 1 aliphatic heterocycles. The second kappa shape index (κ2) is 5.18. The van der Waals surface area contributed by atoms with Crippen molar-refractivity contribution in [3.8, 4) is 0 Å². The van der Waals surface area contributed by atoms with E-state index in [0.717, 1.165) is 0 Å². The number of fused-ring (bicyclic) bond motifs is 1. The SMILES string of the molecule is CC(C)N1CCc2ccc[n+](C(C)C)c2CC1. The standard InChI is InChI=1S/C15H25N2/c1-12(2)16-10-7-14-6-5-9-17(13(3)4)15(14)8-11-16/h5-6,9,12-13H,7-8,10-11H2,1-4H3/q+1. The third-order valence-electron chi connectivity index (χ3n) is 3.82. The van der Waals surface area contributed by atoms with Crippen LogP contribution < -0.4 is 4.57 Å². The Labute approximate surface area is 105 Å². The summed E-state index contributed by atoms with van der Waals surface area (Å²) in [6.07, 6.45) is 4.61. The molecule has 0 saturated heterocycles. The Balaban J connectivity index is 2.27. The normalized spacial score (nSPS) is 17.3. The van der Waals surface area contributed by atoms with Crippen LogP contribution in [0.25, 0.3) is 0 Å². The maximum atomic E-state index is 2.59. The molecule has 0 aliphatic carbocycles. The molecule has 0 fully saturated rings.